The van der Waals surface area contributed by atoms with Crippen LogP contribution < -0.4 is 5.73 Å². The van der Waals surface area contributed by atoms with Gasteiger partial charge in [0.2, 0.25) is 5.88 Å². The maximum absolute atomic E-state index is 14.0. The maximum atomic E-state index is 14.0. The molecule has 3 aromatic rings. The van der Waals surface area contributed by atoms with Gasteiger partial charge in [0, 0.05) is 16.1 Å². The number of benzene rings is 2. The molecule has 0 saturated carbocycles. The summed E-state index contributed by atoms with van der Waals surface area (Å²) < 4.78 is 19.0. The number of nitrogen functional groups attached to an aromatic ring is 1. The van der Waals surface area contributed by atoms with Gasteiger partial charge in [-0.2, -0.15) is 0 Å². The smallest absolute Gasteiger partial charge is 0.230 e. The second kappa shape index (κ2) is 5.39. The second-order valence-corrected chi connectivity index (χ2v) is 5.22. The lowest BCUT2D eigenvalue weighted by molar-refractivity contribution is 0.439. The summed E-state index contributed by atoms with van der Waals surface area (Å²) in [7, 11) is 0. The highest BCUT2D eigenvalue weighted by Crippen LogP contribution is 2.40. The summed E-state index contributed by atoms with van der Waals surface area (Å²) in [5.74, 6) is -0.405. The molecular weight excluding hydrogens is 314 g/mol. The van der Waals surface area contributed by atoms with Crippen LogP contribution in [-0.2, 0) is 0 Å². The molecule has 0 aliphatic rings. The standard InChI is InChI=1S/C15H9Cl2FN2O/c16-8-5-6-11(17)10(7-8)14-13(15(19)21-20-14)9-3-1-2-4-12(9)18/h1-7H,19H2. The summed E-state index contributed by atoms with van der Waals surface area (Å²) in [6, 6.07) is 11.1. The van der Waals surface area contributed by atoms with Crippen molar-refractivity contribution in [2.24, 2.45) is 0 Å². The number of nitrogens with zero attached hydrogens (tertiary/aromatic N) is 1. The molecule has 0 atom stereocenters. The third kappa shape index (κ3) is 2.48. The van der Waals surface area contributed by atoms with Crippen molar-refractivity contribution in [3.63, 3.8) is 0 Å². The van der Waals surface area contributed by atoms with Crippen molar-refractivity contribution in [1.82, 2.24) is 5.16 Å². The zero-order valence-corrected chi connectivity index (χ0v) is 12.1. The second-order valence-electron chi connectivity index (χ2n) is 4.37. The van der Waals surface area contributed by atoms with Gasteiger partial charge >= 0.3 is 0 Å². The van der Waals surface area contributed by atoms with Gasteiger partial charge in [0.25, 0.3) is 0 Å². The molecule has 0 radical (unpaired) electrons. The highest BCUT2D eigenvalue weighted by atomic mass is 35.5. The van der Waals surface area contributed by atoms with Gasteiger partial charge < -0.3 is 10.3 Å². The SMILES string of the molecule is Nc1onc(-c2cc(Cl)ccc2Cl)c1-c1ccccc1F. The Morgan fingerprint density at radius 2 is 1.81 bits per heavy atom. The van der Waals surface area contributed by atoms with E-state index < -0.39 is 5.82 Å². The molecule has 0 unspecified atom stereocenters. The fourth-order valence-electron chi connectivity index (χ4n) is 2.09. The molecule has 6 heteroatoms. The molecule has 0 aliphatic heterocycles. The van der Waals surface area contributed by atoms with Crippen LogP contribution in [0.3, 0.4) is 0 Å². The molecule has 2 N–H and O–H groups in total. The van der Waals surface area contributed by atoms with E-state index in [9.17, 15) is 4.39 Å². The normalized spacial score (nSPS) is 10.8. The molecule has 0 fully saturated rings. The van der Waals surface area contributed by atoms with Gasteiger partial charge in [-0.1, -0.05) is 46.6 Å². The molecule has 106 valence electrons. The minimum atomic E-state index is -0.424. The quantitative estimate of drug-likeness (QED) is 0.719. The number of halogens is 3. The van der Waals surface area contributed by atoms with Crippen LogP contribution in [0.25, 0.3) is 22.4 Å². The Hall–Kier alpha value is -2.04. The first-order valence-electron chi connectivity index (χ1n) is 6.03. The lowest BCUT2D eigenvalue weighted by Crippen LogP contribution is -1.91. The van der Waals surface area contributed by atoms with Crippen LogP contribution in [0.15, 0.2) is 47.0 Å². The summed E-state index contributed by atoms with van der Waals surface area (Å²) in [6.07, 6.45) is 0. The van der Waals surface area contributed by atoms with E-state index in [-0.39, 0.29) is 5.88 Å². The molecule has 0 bridgehead atoms. The minimum Gasteiger partial charge on any atom is -0.367 e. The van der Waals surface area contributed by atoms with E-state index in [1.807, 2.05) is 0 Å². The fourth-order valence-corrected chi connectivity index (χ4v) is 2.47. The number of hydrogen-bond donors (Lipinski definition) is 1. The van der Waals surface area contributed by atoms with Crippen molar-refractivity contribution in [2.45, 2.75) is 0 Å². The Balaban J connectivity index is 2.27. The topological polar surface area (TPSA) is 52.0 Å². The van der Waals surface area contributed by atoms with E-state index in [0.717, 1.165) is 0 Å². The van der Waals surface area contributed by atoms with Crippen LogP contribution in [-0.4, -0.2) is 5.16 Å². The zero-order valence-electron chi connectivity index (χ0n) is 10.6. The van der Waals surface area contributed by atoms with Crippen molar-refractivity contribution in [3.05, 3.63) is 58.3 Å². The molecule has 3 nitrogen and oxygen atoms in total. The first-order chi connectivity index (χ1) is 10.1. The van der Waals surface area contributed by atoms with Crippen molar-refractivity contribution in [3.8, 4) is 22.4 Å². The lowest BCUT2D eigenvalue weighted by atomic mass is 10.0. The molecule has 1 aromatic heterocycles. The number of anilines is 1. The summed E-state index contributed by atoms with van der Waals surface area (Å²) in [6.45, 7) is 0. The molecule has 0 amide bonds. The Labute approximate surface area is 130 Å². The number of nitrogens with two attached hydrogens (primary N) is 1. The van der Waals surface area contributed by atoms with Crippen molar-refractivity contribution < 1.29 is 8.91 Å². The monoisotopic (exact) mass is 322 g/mol. The third-order valence-electron chi connectivity index (χ3n) is 3.05. The van der Waals surface area contributed by atoms with E-state index in [1.54, 1.807) is 36.4 Å². The first-order valence-corrected chi connectivity index (χ1v) is 6.79. The lowest BCUT2D eigenvalue weighted by Gasteiger charge is -2.06. The summed E-state index contributed by atoms with van der Waals surface area (Å²) in [5, 5.41) is 4.80. The van der Waals surface area contributed by atoms with Crippen LogP contribution >= 0.6 is 23.2 Å². The summed E-state index contributed by atoms with van der Waals surface area (Å²) in [4.78, 5) is 0. The molecule has 3 rings (SSSR count). The predicted molar refractivity (Wildman–Crippen MR) is 81.8 cm³/mol. The molecule has 21 heavy (non-hydrogen) atoms. The molecule has 1 heterocycles. The largest absolute Gasteiger partial charge is 0.367 e. The summed E-state index contributed by atoms with van der Waals surface area (Å²) >= 11 is 12.1. The van der Waals surface area contributed by atoms with E-state index >= 15 is 0 Å². The molecule has 0 spiro atoms. The number of rotatable bonds is 2. The Bertz CT molecular complexity index is 817. The van der Waals surface area contributed by atoms with Gasteiger partial charge in [-0.25, -0.2) is 4.39 Å². The van der Waals surface area contributed by atoms with Gasteiger partial charge in [-0.05, 0) is 24.3 Å². The van der Waals surface area contributed by atoms with Gasteiger partial charge in [-0.3, -0.25) is 0 Å². The van der Waals surface area contributed by atoms with Gasteiger partial charge in [0.15, 0.2) is 0 Å². The highest BCUT2D eigenvalue weighted by molar-refractivity contribution is 6.35. The molecule has 0 saturated heterocycles. The predicted octanol–water partition coefficient (Wildman–Crippen LogP) is 5.04. The van der Waals surface area contributed by atoms with E-state index in [0.29, 0.717) is 32.4 Å². The van der Waals surface area contributed by atoms with Crippen molar-refractivity contribution >= 4 is 29.1 Å². The minimum absolute atomic E-state index is 0.0196. The van der Waals surface area contributed by atoms with Gasteiger partial charge in [0.1, 0.15) is 11.5 Å². The molecule has 0 aliphatic carbocycles. The number of aromatic nitrogens is 1. The zero-order chi connectivity index (χ0) is 15.0. The Morgan fingerprint density at radius 1 is 1.05 bits per heavy atom. The van der Waals surface area contributed by atoms with Gasteiger partial charge in [0.05, 0.1) is 10.6 Å². The first kappa shape index (κ1) is 13.9. The van der Waals surface area contributed by atoms with Crippen molar-refractivity contribution in [2.75, 3.05) is 5.73 Å². The average Bonchev–Trinajstić information content (AvgIpc) is 2.84. The Morgan fingerprint density at radius 3 is 2.57 bits per heavy atom. The van der Waals surface area contributed by atoms with E-state index in [4.69, 9.17) is 33.5 Å². The maximum Gasteiger partial charge on any atom is 0.230 e. The average molecular weight is 323 g/mol. The Kier molecular flexibility index (Phi) is 3.57. The van der Waals surface area contributed by atoms with Crippen LogP contribution in [0.2, 0.25) is 10.0 Å². The molecular formula is C15H9Cl2FN2O. The van der Waals surface area contributed by atoms with Crippen LogP contribution in [0.1, 0.15) is 0 Å². The van der Waals surface area contributed by atoms with E-state index in [2.05, 4.69) is 5.16 Å². The fraction of sp³-hybridized carbons (Fsp3) is 0. The van der Waals surface area contributed by atoms with Gasteiger partial charge in [-0.15, -0.1) is 0 Å². The van der Waals surface area contributed by atoms with E-state index in [1.165, 1.54) is 6.07 Å². The summed E-state index contributed by atoms with van der Waals surface area (Å²) in [5.41, 5.74) is 7.33. The number of hydrogen-bond acceptors (Lipinski definition) is 3. The van der Waals surface area contributed by atoms with Crippen LogP contribution in [0.5, 0.6) is 0 Å². The van der Waals surface area contributed by atoms with Crippen LogP contribution in [0, 0.1) is 5.82 Å². The molecule has 2 aromatic carbocycles. The van der Waals surface area contributed by atoms with Crippen LogP contribution in [0.4, 0.5) is 10.3 Å². The highest BCUT2D eigenvalue weighted by Gasteiger charge is 2.21. The third-order valence-corrected chi connectivity index (χ3v) is 3.61. The van der Waals surface area contributed by atoms with Crippen molar-refractivity contribution in [1.29, 1.82) is 0 Å².